The fourth-order valence-corrected chi connectivity index (χ4v) is 2.96. The van der Waals surface area contributed by atoms with Crippen molar-refractivity contribution in [2.45, 2.75) is 22.7 Å². The second kappa shape index (κ2) is 2.80. The van der Waals surface area contributed by atoms with Gasteiger partial charge in [-0.05, 0) is 18.6 Å². The van der Waals surface area contributed by atoms with E-state index in [1.165, 1.54) is 12.1 Å². The first kappa shape index (κ1) is 8.69. The fourth-order valence-electron chi connectivity index (χ4n) is 1.25. The van der Waals surface area contributed by atoms with Gasteiger partial charge in [0.05, 0.1) is 10.1 Å². The van der Waals surface area contributed by atoms with Crippen molar-refractivity contribution in [1.29, 1.82) is 0 Å². The van der Waals surface area contributed by atoms with Crippen molar-refractivity contribution in [2.24, 2.45) is 0 Å². The molecule has 0 aromatic heterocycles. The summed E-state index contributed by atoms with van der Waals surface area (Å²) in [5, 5.41) is -0.796. The number of rotatable bonds is 2. The van der Waals surface area contributed by atoms with E-state index < -0.39 is 21.3 Å². The Morgan fingerprint density at radius 3 is 2.23 bits per heavy atom. The summed E-state index contributed by atoms with van der Waals surface area (Å²) in [5.41, 5.74) is 0. The zero-order valence-electron chi connectivity index (χ0n) is 6.85. The first-order chi connectivity index (χ1) is 6.12. The van der Waals surface area contributed by atoms with Crippen LogP contribution in [0.25, 0.3) is 0 Å². The molecule has 70 valence electrons. The van der Waals surface area contributed by atoms with Crippen molar-refractivity contribution in [3.05, 3.63) is 30.3 Å². The van der Waals surface area contributed by atoms with E-state index in [0.29, 0.717) is 0 Å². The summed E-state index contributed by atoms with van der Waals surface area (Å²) in [7, 11) is -3.39. The van der Waals surface area contributed by atoms with Gasteiger partial charge in [-0.3, -0.25) is 0 Å². The molecule has 1 aromatic carbocycles. The van der Waals surface area contributed by atoms with E-state index in [2.05, 4.69) is 0 Å². The molecule has 0 radical (unpaired) electrons. The Morgan fingerprint density at radius 1 is 1.23 bits per heavy atom. The van der Waals surface area contributed by atoms with Crippen molar-refractivity contribution in [1.82, 2.24) is 0 Å². The first-order valence-corrected chi connectivity index (χ1v) is 5.60. The minimum absolute atomic E-state index is 0.150. The number of benzene rings is 1. The van der Waals surface area contributed by atoms with Gasteiger partial charge < -0.3 is 0 Å². The van der Waals surface area contributed by atoms with Gasteiger partial charge in [-0.1, -0.05) is 18.2 Å². The fraction of sp³-hybridized carbons (Fsp3) is 0.333. The molecule has 4 heteroatoms. The van der Waals surface area contributed by atoms with E-state index in [-0.39, 0.29) is 11.3 Å². The van der Waals surface area contributed by atoms with Crippen LogP contribution >= 0.6 is 0 Å². The minimum Gasteiger partial charge on any atom is -0.246 e. The van der Waals surface area contributed by atoms with Gasteiger partial charge in [-0.15, -0.1) is 0 Å². The molecule has 2 rings (SSSR count). The van der Waals surface area contributed by atoms with Gasteiger partial charge in [0.2, 0.25) is 0 Å². The van der Waals surface area contributed by atoms with Gasteiger partial charge in [0, 0.05) is 0 Å². The second-order valence-electron chi connectivity index (χ2n) is 3.15. The van der Waals surface area contributed by atoms with E-state index in [1.54, 1.807) is 18.2 Å². The van der Waals surface area contributed by atoms with E-state index in [0.717, 1.165) is 0 Å². The highest BCUT2D eigenvalue weighted by atomic mass is 32.2. The van der Waals surface area contributed by atoms with Crippen LogP contribution in [0.4, 0.5) is 4.39 Å². The lowest BCUT2D eigenvalue weighted by atomic mass is 10.4. The largest absolute Gasteiger partial charge is 0.246 e. The molecule has 13 heavy (non-hydrogen) atoms. The quantitative estimate of drug-likeness (QED) is 0.726. The summed E-state index contributed by atoms with van der Waals surface area (Å²) >= 11 is 0. The molecule has 2 atom stereocenters. The summed E-state index contributed by atoms with van der Waals surface area (Å²) in [6.45, 7) is 0. The highest BCUT2D eigenvalue weighted by Gasteiger charge is 2.48. The first-order valence-electron chi connectivity index (χ1n) is 4.05. The normalized spacial score (nSPS) is 27.2. The number of hydrogen-bond donors (Lipinski definition) is 0. The lowest BCUT2D eigenvalue weighted by Gasteiger charge is -2.00. The molecule has 0 heterocycles. The average Bonchev–Trinajstić information content (AvgIpc) is 2.85. The smallest absolute Gasteiger partial charge is 0.184 e. The summed E-state index contributed by atoms with van der Waals surface area (Å²) in [4.78, 5) is 0.222. The Kier molecular flexibility index (Phi) is 1.87. The number of alkyl halides is 1. The summed E-state index contributed by atoms with van der Waals surface area (Å²) in [6, 6.07) is 8.02. The summed E-state index contributed by atoms with van der Waals surface area (Å²) < 4.78 is 35.7. The maximum Gasteiger partial charge on any atom is 0.184 e. The molecular formula is C9H9FO2S. The maximum atomic E-state index is 12.6. The highest BCUT2D eigenvalue weighted by Crippen LogP contribution is 2.36. The molecule has 1 saturated carbocycles. The van der Waals surface area contributed by atoms with Gasteiger partial charge in [0.25, 0.3) is 0 Å². The number of sulfone groups is 1. The molecule has 1 aromatic rings. The van der Waals surface area contributed by atoms with Crippen molar-refractivity contribution in [3.63, 3.8) is 0 Å². The Balaban J connectivity index is 2.36. The summed E-state index contributed by atoms with van der Waals surface area (Å²) in [5.74, 6) is 0. The molecule has 1 fully saturated rings. The Hall–Kier alpha value is -0.900. The molecule has 0 amide bonds. The van der Waals surface area contributed by atoms with Crippen LogP contribution in [0.2, 0.25) is 0 Å². The number of hydrogen-bond acceptors (Lipinski definition) is 2. The molecule has 0 aliphatic heterocycles. The minimum atomic E-state index is -3.39. The maximum absolute atomic E-state index is 12.6. The zero-order valence-corrected chi connectivity index (χ0v) is 7.67. The van der Waals surface area contributed by atoms with Gasteiger partial charge in [0.1, 0.15) is 6.17 Å². The topological polar surface area (TPSA) is 34.1 Å². The Labute approximate surface area is 76.3 Å². The van der Waals surface area contributed by atoms with E-state index in [4.69, 9.17) is 0 Å². The van der Waals surface area contributed by atoms with Crippen molar-refractivity contribution < 1.29 is 12.8 Å². The lowest BCUT2D eigenvalue weighted by molar-refractivity contribution is 0.477. The third-order valence-electron chi connectivity index (χ3n) is 2.13. The van der Waals surface area contributed by atoms with Crippen LogP contribution in [0.5, 0.6) is 0 Å². The van der Waals surface area contributed by atoms with Gasteiger partial charge in [-0.2, -0.15) is 0 Å². The van der Waals surface area contributed by atoms with Crippen LogP contribution < -0.4 is 0 Å². The van der Waals surface area contributed by atoms with Crippen molar-refractivity contribution >= 4 is 9.84 Å². The predicted octanol–water partition coefficient (Wildman–Crippen LogP) is 1.57. The van der Waals surface area contributed by atoms with Gasteiger partial charge in [-0.25, -0.2) is 12.8 Å². The molecular weight excluding hydrogens is 191 g/mol. The molecule has 0 N–H and O–H groups in total. The molecule has 1 aliphatic carbocycles. The molecule has 1 aliphatic rings. The monoisotopic (exact) mass is 200 g/mol. The molecule has 2 nitrogen and oxygen atoms in total. The van der Waals surface area contributed by atoms with Crippen LogP contribution in [0.15, 0.2) is 35.2 Å². The average molecular weight is 200 g/mol. The summed E-state index contributed by atoms with van der Waals surface area (Å²) in [6.07, 6.45) is -1.01. The molecule has 0 bridgehead atoms. The second-order valence-corrected chi connectivity index (χ2v) is 5.32. The van der Waals surface area contributed by atoms with Crippen LogP contribution in [0.3, 0.4) is 0 Å². The molecule has 0 saturated heterocycles. The van der Waals surface area contributed by atoms with Gasteiger partial charge in [0.15, 0.2) is 9.84 Å². The Morgan fingerprint density at radius 2 is 1.77 bits per heavy atom. The predicted molar refractivity (Wildman–Crippen MR) is 46.9 cm³/mol. The third kappa shape index (κ3) is 1.46. The third-order valence-corrected chi connectivity index (χ3v) is 4.34. The standard InChI is InChI=1S/C9H9FO2S/c10-8-6-9(8)13(11,12)7-4-2-1-3-5-7/h1-5,8-9H,6H2/t8-,9+/m0/s1. The van der Waals surface area contributed by atoms with E-state index in [1.807, 2.05) is 0 Å². The zero-order chi connectivity index (χ0) is 9.47. The van der Waals surface area contributed by atoms with Crippen LogP contribution in [-0.4, -0.2) is 19.8 Å². The molecule has 0 unspecified atom stereocenters. The van der Waals surface area contributed by atoms with Crippen molar-refractivity contribution in [2.75, 3.05) is 0 Å². The lowest BCUT2D eigenvalue weighted by Crippen LogP contribution is -2.09. The van der Waals surface area contributed by atoms with Gasteiger partial charge >= 0.3 is 0 Å². The van der Waals surface area contributed by atoms with Crippen molar-refractivity contribution in [3.8, 4) is 0 Å². The SMILES string of the molecule is O=S(=O)(c1ccccc1)[C@@H]1C[C@@H]1F. The van der Waals surface area contributed by atoms with Crippen LogP contribution in [0.1, 0.15) is 6.42 Å². The van der Waals surface area contributed by atoms with Crippen LogP contribution in [-0.2, 0) is 9.84 Å². The number of halogens is 1. The van der Waals surface area contributed by atoms with E-state index >= 15 is 0 Å². The Bertz CT molecular complexity index is 399. The molecule has 0 spiro atoms. The van der Waals surface area contributed by atoms with Crippen LogP contribution in [0, 0.1) is 0 Å². The van der Waals surface area contributed by atoms with E-state index in [9.17, 15) is 12.8 Å². The highest BCUT2D eigenvalue weighted by molar-refractivity contribution is 7.92.